The van der Waals surface area contributed by atoms with Gasteiger partial charge in [0.05, 0.1) is 6.61 Å². The van der Waals surface area contributed by atoms with Crippen molar-refractivity contribution >= 4 is 23.9 Å². The summed E-state index contributed by atoms with van der Waals surface area (Å²) in [4.78, 5) is 74.5. The topological polar surface area (TPSA) is 177 Å². The number of carbonyl (C=O) groups is 4. The van der Waals surface area contributed by atoms with Crippen molar-refractivity contribution < 1.29 is 39.2 Å². The van der Waals surface area contributed by atoms with E-state index in [1.807, 2.05) is 14.0 Å². The Morgan fingerprint density at radius 2 is 0.756 bits per heavy atom. The van der Waals surface area contributed by atoms with Gasteiger partial charge < -0.3 is 49.5 Å². The molecule has 20 nitrogen and oxygen atoms in total. The first-order valence-electron chi connectivity index (χ1n) is 30.6. The van der Waals surface area contributed by atoms with Gasteiger partial charge >= 0.3 is 23.9 Å². The molecule has 8 aliphatic rings. The highest BCUT2D eigenvalue weighted by Gasteiger charge is 2.41. The van der Waals surface area contributed by atoms with Crippen LogP contribution >= 0.6 is 0 Å². The zero-order valence-electron chi connectivity index (χ0n) is 51.2. The van der Waals surface area contributed by atoms with Crippen molar-refractivity contribution in [1.82, 2.24) is 58.8 Å². The van der Waals surface area contributed by atoms with Gasteiger partial charge in [0, 0.05) is 127 Å². The summed E-state index contributed by atoms with van der Waals surface area (Å²) in [5.74, 6) is -2.05. The molecular weight excluding hydrogens is 993 g/mol. The molecule has 452 valence electrons. The predicted octanol–water partition coefficient (Wildman–Crippen LogP) is 2.72. The van der Waals surface area contributed by atoms with Crippen LogP contribution in [0.3, 0.4) is 0 Å². The lowest BCUT2D eigenvalue weighted by atomic mass is 9.98. The van der Waals surface area contributed by atoms with Gasteiger partial charge in [0.1, 0.15) is 24.2 Å². The van der Waals surface area contributed by atoms with Crippen molar-refractivity contribution in [2.45, 2.75) is 186 Å². The van der Waals surface area contributed by atoms with E-state index >= 15 is 0 Å². The maximum atomic E-state index is 12.3. The van der Waals surface area contributed by atoms with Crippen LogP contribution < -0.4 is 0 Å². The quantitative estimate of drug-likeness (QED) is 0.229. The van der Waals surface area contributed by atoms with E-state index in [2.05, 4.69) is 135 Å². The Morgan fingerprint density at radius 3 is 1.15 bits per heavy atom. The number of likely N-dealkylation sites (tertiary alicyclic amines) is 4. The normalized spacial score (nSPS) is 28.5. The second kappa shape index (κ2) is 32.3. The van der Waals surface area contributed by atoms with Gasteiger partial charge in [0.15, 0.2) is 0 Å². The molecule has 0 radical (unpaired) electrons. The lowest BCUT2D eigenvalue weighted by molar-refractivity contribution is -0.154. The molecule has 8 rings (SSSR count). The van der Waals surface area contributed by atoms with Crippen molar-refractivity contribution in [3.05, 3.63) is 0 Å². The molecule has 4 unspecified atom stereocenters. The molecule has 0 aromatic carbocycles. The third-order valence-electron chi connectivity index (χ3n) is 18.7. The Hall–Kier alpha value is -2.60. The van der Waals surface area contributed by atoms with E-state index in [4.69, 9.17) is 4.74 Å². The molecule has 0 saturated carbocycles. The SMILES string of the molecule is CC(C)N1CCC(N2CCN(C)CC2C(=O)O)CC1.CC(C)N1CCN(C2CCN(C)CC2)C(C(=O)O)C1.CC(C)N1CCN(C2CCN(C)CC2)CC1C(=O)O.CCOC(=O)C1CN(C)CCN1C1CCN(C(C)C)CC1. The summed E-state index contributed by atoms with van der Waals surface area (Å²) in [6.45, 7) is 39.2. The van der Waals surface area contributed by atoms with Crippen LogP contribution in [-0.4, -0.2) is 336 Å². The molecule has 0 spiro atoms. The van der Waals surface area contributed by atoms with Crippen LogP contribution in [0.4, 0.5) is 0 Å². The molecule has 0 aromatic heterocycles. The number of aliphatic carboxylic acids is 3. The van der Waals surface area contributed by atoms with E-state index in [9.17, 15) is 34.5 Å². The minimum Gasteiger partial charge on any atom is -0.480 e. The molecule has 8 fully saturated rings. The third-order valence-corrected chi connectivity index (χ3v) is 18.7. The summed E-state index contributed by atoms with van der Waals surface area (Å²) in [7, 11) is 8.40. The van der Waals surface area contributed by atoms with Gasteiger partial charge in [0.2, 0.25) is 0 Å². The number of hydrogen-bond acceptors (Lipinski definition) is 17. The number of carbonyl (C=O) groups excluding carboxylic acids is 1. The summed E-state index contributed by atoms with van der Waals surface area (Å²) in [5.41, 5.74) is 0. The van der Waals surface area contributed by atoms with Crippen LogP contribution in [0.1, 0.15) is 114 Å². The Labute approximate surface area is 472 Å². The van der Waals surface area contributed by atoms with Crippen LogP contribution in [-0.2, 0) is 23.9 Å². The summed E-state index contributed by atoms with van der Waals surface area (Å²) in [6, 6.07) is 2.89. The van der Waals surface area contributed by atoms with Crippen molar-refractivity contribution in [3.63, 3.8) is 0 Å². The molecule has 4 atom stereocenters. The first-order valence-corrected chi connectivity index (χ1v) is 30.6. The minimum atomic E-state index is -0.675. The smallest absolute Gasteiger partial charge is 0.324 e. The first kappa shape index (κ1) is 66.2. The molecule has 0 bridgehead atoms. The van der Waals surface area contributed by atoms with E-state index in [0.717, 1.165) is 150 Å². The molecule has 0 aromatic rings. The van der Waals surface area contributed by atoms with E-state index < -0.39 is 17.9 Å². The number of hydrogen-bond donors (Lipinski definition) is 3. The standard InChI is InChI=1S/C16H31N3O2.3C14H27N3O2/c1-5-21-16(20)15-12-17(4)10-11-19(15)14-6-8-18(9-7-14)13(2)3;1-11(2)16-6-4-12(5-7-16)17-9-8-15(3)10-13(17)14(18)19;1-11(2)17-9-8-16(10-13(17)14(18)19)12-4-6-15(3)7-5-12;1-11(2)16-8-9-17(13(10-16)14(18)19)12-4-6-15(3)7-5-12/h13-15H,5-12H2,1-4H3;3*11-13H,4-10H2,1-3H3,(H,18,19). The number of rotatable bonds is 13. The van der Waals surface area contributed by atoms with Gasteiger partial charge in [0.25, 0.3) is 0 Å². The molecule has 78 heavy (non-hydrogen) atoms. The Bertz CT molecular complexity index is 1790. The number of esters is 1. The van der Waals surface area contributed by atoms with Crippen LogP contribution in [0.5, 0.6) is 0 Å². The highest BCUT2D eigenvalue weighted by molar-refractivity contribution is 5.76. The maximum Gasteiger partial charge on any atom is 0.324 e. The molecule has 8 aliphatic heterocycles. The van der Waals surface area contributed by atoms with Crippen LogP contribution in [0, 0.1) is 0 Å². The second-order valence-electron chi connectivity index (χ2n) is 25.3. The van der Waals surface area contributed by atoms with Crippen LogP contribution in [0.25, 0.3) is 0 Å². The fraction of sp³-hybridized carbons (Fsp3) is 0.931. The van der Waals surface area contributed by atoms with Gasteiger partial charge in [-0.05, 0) is 194 Å². The monoisotopic (exact) mass is 1100 g/mol. The number of ether oxygens (including phenoxy) is 1. The van der Waals surface area contributed by atoms with E-state index in [1.165, 1.54) is 12.8 Å². The highest BCUT2D eigenvalue weighted by atomic mass is 16.5. The van der Waals surface area contributed by atoms with Crippen molar-refractivity contribution in [3.8, 4) is 0 Å². The number of nitrogens with zero attached hydrogens (tertiary/aromatic N) is 12. The minimum absolute atomic E-state index is 0.0460. The zero-order valence-corrected chi connectivity index (χ0v) is 51.2. The van der Waals surface area contributed by atoms with Gasteiger partial charge in [-0.3, -0.25) is 48.6 Å². The van der Waals surface area contributed by atoms with E-state index in [1.54, 1.807) is 0 Å². The summed E-state index contributed by atoms with van der Waals surface area (Å²) in [6.07, 6.45) is 9.08. The van der Waals surface area contributed by atoms with E-state index in [0.29, 0.717) is 74.6 Å². The number of likely N-dealkylation sites (N-methyl/N-ethyl adjacent to an activating group) is 2. The fourth-order valence-corrected chi connectivity index (χ4v) is 13.5. The summed E-state index contributed by atoms with van der Waals surface area (Å²) < 4.78 is 5.29. The average molecular weight is 1110 g/mol. The Kier molecular flexibility index (Phi) is 27.4. The summed E-state index contributed by atoms with van der Waals surface area (Å²) in [5, 5.41) is 28.4. The molecule has 8 heterocycles. The maximum absolute atomic E-state index is 12.3. The average Bonchev–Trinajstić information content (AvgIpc) is 3.43. The van der Waals surface area contributed by atoms with Crippen LogP contribution in [0.15, 0.2) is 0 Å². The largest absolute Gasteiger partial charge is 0.480 e. The second-order valence-corrected chi connectivity index (χ2v) is 25.3. The van der Waals surface area contributed by atoms with Crippen molar-refractivity contribution in [2.24, 2.45) is 0 Å². The molecule has 3 N–H and O–H groups in total. The lowest BCUT2D eigenvalue weighted by Crippen LogP contribution is -2.61. The molecular formula is C58H112N12O8. The highest BCUT2D eigenvalue weighted by Crippen LogP contribution is 2.27. The predicted molar refractivity (Wildman–Crippen MR) is 310 cm³/mol. The van der Waals surface area contributed by atoms with Crippen LogP contribution in [0.2, 0.25) is 0 Å². The lowest BCUT2D eigenvalue weighted by Gasteiger charge is -2.46. The van der Waals surface area contributed by atoms with E-state index in [-0.39, 0.29) is 30.1 Å². The number of piperazine rings is 4. The van der Waals surface area contributed by atoms with Crippen molar-refractivity contribution in [2.75, 3.05) is 166 Å². The number of carboxylic acids is 3. The summed E-state index contributed by atoms with van der Waals surface area (Å²) >= 11 is 0. The molecule has 20 heteroatoms. The van der Waals surface area contributed by atoms with Gasteiger partial charge in [-0.2, -0.15) is 0 Å². The van der Waals surface area contributed by atoms with Gasteiger partial charge in [-0.25, -0.2) is 0 Å². The van der Waals surface area contributed by atoms with Gasteiger partial charge in [-0.1, -0.05) is 0 Å². The Morgan fingerprint density at radius 1 is 0.385 bits per heavy atom. The molecule has 0 aliphatic carbocycles. The Balaban J connectivity index is 0.000000192. The first-order chi connectivity index (χ1) is 37.0. The fourth-order valence-electron chi connectivity index (χ4n) is 13.5. The van der Waals surface area contributed by atoms with Gasteiger partial charge in [-0.15, -0.1) is 0 Å². The third kappa shape index (κ3) is 19.5. The molecule has 0 amide bonds. The number of piperidine rings is 4. The van der Waals surface area contributed by atoms with Crippen molar-refractivity contribution in [1.29, 1.82) is 0 Å². The molecule has 8 saturated heterocycles. The number of carboxylic acid groups (broad SMARTS) is 3. The zero-order chi connectivity index (χ0) is 57.4.